The second-order valence-electron chi connectivity index (χ2n) is 5.53. The summed E-state index contributed by atoms with van der Waals surface area (Å²) in [6.07, 6.45) is 0. The first-order chi connectivity index (χ1) is 8.04. The molecule has 0 saturated heterocycles. The summed E-state index contributed by atoms with van der Waals surface area (Å²) in [7, 11) is -2.10. The average Bonchev–Trinajstić information content (AvgIpc) is 2.15. The molecule has 0 rings (SSSR count). The molecule has 0 aliphatic carbocycles. The van der Waals surface area contributed by atoms with Gasteiger partial charge in [-0.2, -0.15) is 5.10 Å². The number of rotatable bonds is 4. The predicted molar refractivity (Wildman–Crippen MR) is 81.2 cm³/mol. The van der Waals surface area contributed by atoms with Crippen LogP contribution in [0.15, 0.2) is 5.10 Å². The summed E-state index contributed by atoms with van der Waals surface area (Å²) < 4.78 is 5.06. The smallest absolute Gasteiger partial charge is 0.349 e. The zero-order valence-corrected chi connectivity index (χ0v) is 13.8. The maximum atomic E-state index is 12.0. The predicted octanol–water partition coefficient (Wildman–Crippen LogP) is 1.79. The van der Waals surface area contributed by atoms with Crippen LogP contribution in [-0.2, 0) is 9.53 Å². The molecule has 0 unspecified atom stereocenters. The monoisotopic (exact) mass is 289 g/mol. The molecular formula is C11H23N3O2SSi. The van der Waals surface area contributed by atoms with Crippen LogP contribution in [0.25, 0.3) is 0 Å². The van der Waals surface area contributed by atoms with E-state index in [0.717, 1.165) is 0 Å². The van der Waals surface area contributed by atoms with Gasteiger partial charge in [-0.25, -0.2) is 4.79 Å². The molecule has 0 saturated carbocycles. The third-order valence-corrected chi connectivity index (χ3v) is 8.55. The van der Waals surface area contributed by atoms with Gasteiger partial charge in [0.05, 0.1) is 6.61 Å². The van der Waals surface area contributed by atoms with E-state index in [1.807, 2.05) is 0 Å². The molecule has 0 fully saturated rings. The largest absolute Gasteiger partial charge is 0.462 e. The van der Waals surface area contributed by atoms with Crippen molar-refractivity contribution >= 4 is 36.7 Å². The molecule has 0 aromatic rings. The minimum Gasteiger partial charge on any atom is -0.462 e. The van der Waals surface area contributed by atoms with E-state index in [9.17, 15) is 4.79 Å². The highest BCUT2D eigenvalue weighted by molar-refractivity contribution is 7.80. The van der Waals surface area contributed by atoms with E-state index >= 15 is 0 Å². The summed E-state index contributed by atoms with van der Waals surface area (Å²) in [6.45, 7) is 12.5. The summed E-state index contributed by atoms with van der Waals surface area (Å²) in [5.74, 6) is -0.396. The van der Waals surface area contributed by atoms with Gasteiger partial charge in [0, 0.05) is 0 Å². The average molecular weight is 289 g/mol. The maximum Gasteiger partial charge on any atom is 0.349 e. The Morgan fingerprint density at radius 1 is 1.44 bits per heavy atom. The zero-order chi connectivity index (χ0) is 14.6. The van der Waals surface area contributed by atoms with Crippen LogP contribution in [0, 0.1) is 0 Å². The van der Waals surface area contributed by atoms with E-state index in [4.69, 9.17) is 22.7 Å². The lowest BCUT2D eigenvalue weighted by Gasteiger charge is -2.36. The van der Waals surface area contributed by atoms with Gasteiger partial charge in [0.25, 0.3) is 0 Å². The number of carbonyl (C=O) groups is 1. The van der Waals surface area contributed by atoms with Crippen LogP contribution >= 0.6 is 12.2 Å². The summed E-state index contributed by atoms with van der Waals surface area (Å²) in [5.41, 5.74) is 7.84. The lowest BCUT2D eigenvalue weighted by atomic mass is 10.2. The van der Waals surface area contributed by atoms with Gasteiger partial charge in [-0.15, -0.1) is 0 Å². The molecule has 5 nitrogen and oxygen atoms in total. The lowest BCUT2D eigenvalue weighted by Crippen LogP contribution is -2.51. The number of nitrogens with zero attached hydrogens (tertiary/aromatic N) is 1. The van der Waals surface area contributed by atoms with Crippen LogP contribution in [-0.4, -0.2) is 31.1 Å². The Morgan fingerprint density at radius 2 is 1.94 bits per heavy atom. The molecule has 0 heterocycles. The fourth-order valence-electron chi connectivity index (χ4n) is 1.11. The minimum atomic E-state index is -2.10. The Balaban J connectivity index is 5.41. The third kappa shape index (κ3) is 4.38. The molecular weight excluding hydrogens is 266 g/mol. The van der Waals surface area contributed by atoms with Crippen LogP contribution in [0.5, 0.6) is 0 Å². The Hall–Kier alpha value is -0.953. The van der Waals surface area contributed by atoms with Crippen molar-refractivity contribution in [2.45, 2.75) is 45.8 Å². The first-order valence-electron chi connectivity index (χ1n) is 5.84. The van der Waals surface area contributed by atoms with Crippen molar-refractivity contribution < 1.29 is 9.53 Å². The maximum absolute atomic E-state index is 12.0. The fraction of sp³-hybridized carbons (Fsp3) is 0.727. The molecule has 3 N–H and O–H groups in total. The van der Waals surface area contributed by atoms with Crippen LogP contribution in [0.2, 0.25) is 18.1 Å². The van der Waals surface area contributed by atoms with Gasteiger partial charge >= 0.3 is 5.97 Å². The number of hydrogen-bond donors (Lipinski definition) is 2. The molecule has 0 aromatic carbocycles. The molecule has 0 amide bonds. The van der Waals surface area contributed by atoms with Gasteiger partial charge in [0.15, 0.2) is 5.11 Å². The second-order valence-corrected chi connectivity index (χ2v) is 11.2. The second kappa shape index (κ2) is 6.28. The normalized spacial score (nSPS) is 13.1. The number of hydrogen-bond acceptors (Lipinski definition) is 4. The van der Waals surface area contributed by atoms with Crippen LogP contribution in [0.1, 0.15) is 27.7 Å². The summed E-state index contributed by atoms with van der Waals surface area (Å²) >= 11 is 4.70. The number of carbonyl (C=O) groups excluding carboxylic acids is 1. The number of ether oxygens (including phenoxy) is 1. The summed E-state index contributed by atoms with van der Waals surface area (Å²) in [6, 6.07) is 0. The standard InChI is InChI=1S/C11H23N3O2SSi/c1-7-16-9(15)8(13-14-10(12)17)18(5,6)11(2,3)4/h7H2,1-6H3,(H3,12,14,17)/b13-8+. The van der Waals surface area contributed by atoms with Gasteiger partial charge < -0.3 is 10.5 Å². The van der Waals surface area contributed by atoms with Crippen molar-refractivity contribution in [2.75, 3.05) is 6.61 Å². The van der Waals surface area contributed by atoms with Gasteiger partial charge in [0.2, 0.25) is 0 Å². The van der Waals surface area contributed by atoms with Crippen molar-refractivity contribution in [1.82, 2.24) is 5.43 Å². The third-order valence-electron chi connectivity index (χ3n) is 3.21. The Morgan fingerprint density at radius 3 is 2.28 bits per heavy atom. The van der Waals surface area contributed by atoms with E-state index in [2.05, 4.69) is 44.4 Å². The van der Waals surface area contributed by atoms with Gasteiger partial charge in [0.1, 0.15) is 13.4 Å². The molecule has 7 heteroatoms. The number of nitrogens with two attached hydrogens (primary N) is 1. The van der Waals surface area contributed by atoms with Crippen molar-refractivity contribution in [3.8, 4) is 0 Å². The first-order valence-corrected chi connectivity index (χ1v) is 9.25. The van der Waals surface area contributed by atoms with Crippen LogP contribution in [0.3, 0.4) is 0 Å². The first kappa shape index (κ1) is 17.0. The molecule has 104 valence electrons. The van der Waals surface area contributed by atoms with E-state index in [0.29, 0.717) is 11.9 Å². The van der Waals surface area contributed by atoms with E-state index in [1.165, 1.54) is 0 Å². The molecule has 0 spiro atoms. The molecule has 0 aliphatic heterocycles. The molecule has 0 radical (unpaired) electrons. The number of esters is 1. The number of hydrazone groups is 1. The van der Waals surface area contributed by atoms with E-state index in [1.54, 1.807) is 6.92 Å². The van der Waals surface area contributed by atoms with Crippen molar-refractivity contribution in [2.24, 2.45) is 10.8 Å². The van der Waals surface area contributed by atoms with Gasteiger partial charge in [-0.1, -0.05) is 33.9 Å². The SMILES string of the molecule is CCOC(=O)/C(=N\NC(N)=S)[Si](C)(C)C(C)(C)C. The lowest BCUT2D eigenvalue weighted by molar-refractivity contribution is -0.134. The number of nitrogens with one attached hydrogen (secondary N) is 1. The fourth-order valence-corrected chi connectivity index (χ4v) is 2.78. The topological polar surface area (TPSA) is 76.7 Å². The Kier molecular flexibility index (Phi) is 5.95. The Labute approximate surface area is 115 Å². The van der Waals surface area contributed by atoms with Crippen LogP contribution < -0.4 is 11.2 Å². The van der Waals surface area contributed by atoms with Gasteiger partial charge in [-0.05, 0) is 24.2 Å². The Bertz CT molecular complexity index is 362. The highest BCUT2D eigenvalue weighted by atomic mass is 32.1. The van der Waals surface area contributed by atoms with Gasteiger partial charge in [-0.3, -0.25) is 5.43 Å². The van der Waals surface area contributed by atoms with E-state index < -0.39 is 14.0 Å². The highest BCUT2D eigenvalue weighted by Gasteiger charge is 2.44. The van der Waals surface area contributed by atoms with Crippen LogP contribution in [0.4, 0.5) is 0 Å². The highest BCUT2D eigenvalue weighted by Crippen LogP contribution is 2.37. The quantitative estimate of drug-likeness (QED) is 0.271. The molecule has 18 heavy (non-hydrogen) atoms. The van der Waals surface area contributed by atoms with Crippen molar-refractivity contribution in [3.63, 3.8) is 0 Å². The minimum absolute atomic E-state index is 0.0313. The zero-order valence-electron chi connectivity index (χ0n) is 12.0. The molecule has 0 aliphatic rings. The summed E-state index contributed by atoms with van der Waals surface area (Å²) in [5, 5.41) is 4.49. The van der Waals surface area contributed by atoms with Crippen molar-refractivity contribution in [1.29, 1.82) is 0 Å². The molecule has 0 aromatic heterocycles. The molecule has 0 atom stereocenters. The van der Waals surface area contributed by atoms with Crippen molar-refractivity contribution in [3.05, 3.63) is 0 Å². The van der Waals surface area contributed by atoms with E-state index in [-0.39, 0.29) is 10.2 Å². The summed E-state index contributed by atoms with van der Waals surface area (Å²) in [4.78, 5) is 12.0. The number of thiocarbonyl (C=S) groups is 1. The molecule has 0 bridgehead atoms.